The summed E-state index contributed by atoms with van der Waals surface area (Å²) in [4.78, 5) is 24.3. The Bertz CT molecular complexity index is 1190. The number of carboxylic acid groups (broad SMARTS) is 1. The molecule has 1 fully saturated rings. The Morgan fingerprint density at radius 3 is 2.64 bits per heavy atom. The third-order valence-corrected chi connectivity index (χ3v) is 5.97. The molecule has 5 rings (SSSR count). The number of pyridine rings is 2. The fourth-order valence-corrected chi connectivity index (χ4v) is 4.42. The lowest BCUT2D eigenvalue weighted by molar-refractivity contribution is 0.0694. The number of fused-ring (bicyclic) bond motifs is 2. The third-order valence-electron chi connectivity index (χ3n) is 5.97. The van der Waals surface area contributed by atoms with Crippen LogP contribution in [0.25, 0.3) is 16.6 Å². The van der Waals surface area contributed by atoms with Crippen LogP contribution in [-0.4, -0.2) is 22.6 Å². The van der Waals surface area contributed by atoms with E-state index in [0.717, 1.165) is 42.4 Å². The molecule has 0 bridgehead atoms. The van der Waals surface area contributed by atoms with E-state index in [1.165, 1.54) is 21.9 Å². The second-order valence-electron chi connectivity index (χ2n) is 7.72. The van der Waals surface area contributed by atoms with Crippen LogP contribution in [0.3, 0.4) is 0 Å². The van der Waals surface area contributed by atoms with Gasteiger partial charge in [-0.3, -0.25) is 9.20 Å². The predicted molar refractivity (Wildman–Crippen MR) is 107 cm³/mol. The molecular formula is C23H21NO4. The molecule has 28 heavy (non-hydrogen) atoms. The highest BCUT2D eigenvalue weighted by atomic mass is 16.5. The zero-order valence-corrected chi connectivity index (χ0v) is 15.7. The molecule has 142 valence electrons. The van der Waals surface area contributed by atoms with Gasteiger partial charge in [0.1, 0.15) is 5.56 Å². The van der Waals surface area contributed by atoms with Gasteiger partial charge in [0.2, 0.25) is 0 Å². The third kappa shape index (κ3) is 2.53. The minimum absolute atomic E-state index is 0.188. The van der Waals surface area contributed by atoms with Crippen molar-refractivity contribution in [3.05, 3.63) is 69.1 Å². The van der Waals surface area contributed by atoms with Crippen molar-refractivity contribution in [1.82, 2.24) is 4.40 Å². The van der Waals surface area contributed by atoms with E-state index in [4.69, 9.17) is 4.74 Å². The summed E-state index contributed by atoms with van der Waals surface area (Å²) in [5.74, 6) is -0.280. The van der Waals surface area contributed by atoms with Crippen molar-refractivity contribution in [2.24, 2.45) is 0 Å². The number of carbonyl (C=O) groups is 1. The lowest BCUT2D eigenvalue weighted by atomic mass is 9.98. The maximum absolute atomic E-state index is 12.8. The first-order valence-corrected chi connectivity index (χ1v) is 9.70. The number of nitrogens with zero attached hydrogens (tertiary/aromatic N) is 1. The van der Waals surface area contributed by atoms with E-state index < -0.39 is 11.5 Å². The minimum Gasteiger partial charge on any atom is -0.494 e. The first-order chi connectivity index (χ1) is 13.6. The van der Waals surface area contributed by atoms with E-state index in [1.54, 1.807) is 19.4 Å². The molecule has 5 nitrogen and oxygen atoms in total. The van der Waals surface area contributed by atoms with Gasteiger partial charge in [0.05, 0.1) is 12.6 Å². The smallest absolute Gasteiger partial charge is 0.341 e. The molecule has 5 heteroatoms. The van der Waals surface area contributed by atoms with Crippen molar-refractivity contribution in [1.29, 1.82) is 0 Å². The van der Waals surface area contributed by atoms with Crippen LogP contribution in [0.2, 0.25) is 0 Å². The first-order valence-electron chi connectivity index (χ1n) is 9.70. The summed E-state index contributed by atoms with van der Waals surface area (Å²) < 4.78 is 7.24. The number of aromatic carboxylic acids is 1. The molecule has 2 aliphatic rings. The molecule has 2 aliphatic carbocycles. The Kier molecular flexibility index (Phi) is 3.79. The highest BCUT2D eigenvalue weighted by molar-refractivity contribution is 5.90. The quantitative estimate of drug-likeness (QED) is 0.747. The Morgan fingerprint density at radius 1 is 1.14 bits per heavy atom. The Balaban J connectivity index is 1.81. The molecule has 3 aromatic rings. The number of methoxy groups -OCH3 is 1. The fourth-order valence-electron chi connectivity index (χ4n) is 4.42. The summed E-state index contributed by atoms with van der Waals surface area (Å²) in [7, 11) is 1.61. The zero-order valence-electron chi connectivity index (χ0n) is 15.7. The van der Waals surface area contributed by atoms with Crippen molar-refractivity contribution in [2.75, 3.05) is 7.11 Å². The van der Waals surface area contributed by atoms with E-state index in [-0.39, 0.29) is 11.5 Å². The maximum atomic E-state index is 12.8. The van der Waals surface area contributed by atoms with Gasteiger partial charge in [-0.05, 0) is 72.4 Å². The van der Waals surface area contributed by atoms with Gasteiger partial charge in [0.25, 0.3) is 5.56 Å². The summed E-state index contributed by atoms with van der Waals surface area (Å²) >= 11 is 0. The molecule has 2 aromatic heterocycles. The number of hydrogen-bond donors (Lipinski definition) is 1. The number of benzene rings is 1. The highest BCUT2D eigenvalue weighted by Crippen LogP contribution is 2.46. The standard InChI is InChI=1S/C23H21NO4/c1-28-21-17(16-8-5-13-3-2-4-15(13)11-16)9-10-24-20(21)18(14-6-7-14)12-19(22(24)25)23(26)27/h5,8-12,14H,2-4,6-7H2,1H3,(H,26,27). The second-order valence-corrected chi connectivity index (χ2v) is 7.72. The van der Waals surface area contributed by atoms with Gasteiger partial charge >= 0.3 is 5.97 Å². The highest BCUT2D eigenvalue weighted by Gasteiger charge is 2.30. The van der Waals surface area contributed by atoms with Crippen molar-refractivity contribution in [3.8, 4) is 16.9 Å². The van der Waals surface area contributed by atoms with Gasteiger partial charge in [0, 0.05) is 11.8 Å². The number of aromatic nitrogens is 1. The zero-order chi connectivity index (χ0) is 19.4. The summed E-state index contributed by atoms with van der Waals surface area (Å²) in [5, 5.41) is 9.46. The lowest BCUT2D eigenvalue weighted by Gasteiger charge is -2.17. The monoisotopic (exact) mass is 375 g/mol. The van der Waals surface area contributed by atoms with Crippen molar-refractivity contribution in [2.45, 2.75) is 38.0 Å². The molecule has 0 spiro atoms. The van der Waals surface area contributed by atoms with E-state index >= 15 is 0 Å². The van der Waals surface area contributed by atoms with Crippen molar-refractivity contribution >= 4 is 11.5 Å². The fraction of sp³-hybridized carbons (Fsp3) is 0.304. The molecule has 1 saturated carbocycles. The van der Waals surface area contributed by atoms with E-state index in [2.05, 4.69) is 18.2 Å². The summed E-state index contributed by atoms with van der Waals surface area (Å²) in [6.07, 6.45) is 7.09. The van der Waals surface area contributed by atoms with Gasteiger partial charge < -0.3 is 9.84 Å². The van der Waals surface area contributed by atoms with Gasteiger partial charge in [-0.15, -0.1) is 0 Å². The number of hydrogen-bond acceptors (Lipinski definition) is 3. The molecule has 0 saturated heterocycles. The van der Waals surface area contributed by atoms with Gasteiger partial charge in [-0.2, -0.15) is 0 Å². The Hall–Kier alpha value is -3.08. The topological polar surface area (TPSA) is 68.0 Å². The molecule has 0 unspecified atom stereocenters. The van der Waals surface area contributed by atoms with Crippen LogP contribution < -0.4 is 10.3 Å². The number of rotatable bonds is 4. The average Bonchev–Trinajstić information content (AvgIpc) is 3.43. The van der Waals surface area contributed by atoms with Crippen LogP contribution in [0, 0.1) is 0 Å². The Morgan fingerprint density at radius 2 is 1.93 bits per heavy atom. The summed E-state index contributed by atoms with van der Waals surface area (Å²) in [6, 6.07) is 9.91. The molecule has 0 atom stereocenters. The summed E-state index contributed by atoms with van der Waals surface area (Å²) in [5.41, 5.74) is 5.65. The molecule has 0 aliphatic heterocycles. The maximum Gasteiger partial charge on any atom is 0.341 e. The van der Waals surface area contributed by atoms with Crippen LogP contribution in [0.1, 0.15) is 52.2 Å². The first kappa shape index (κ1) is 17.0. The van der Waals surface area contributed by atoms with Crippen LogP contribution in [0.5, 0.6) is 5.75 Å². The summed E-state index contributed by atoms with van der Waals surface area (Å²) in [6.45, 7) is 0. The molecular weight excluding hydrogens is 354 g/mol. The molecule has 1 aromatic carbocycles. The van der Waals surface area contributed by atoms with Crippen molar-refractivity contribution < 1.29 is 14.6 Å². The van der Waals surface area contributed by atoms with Crippen LogP contribution in [-0.2, 0) is 12.8 Å². The van der Waals surface area contributed by atoms with Crippen LogP contribution >= 0.6 is 0 Å². The minimum atomic E-state index is -1.19. The Labute approximate surface area is 162 Å². The van der Waals surface area contributed by atoms with Gasteiger partial charge in [-0.25, -0.2) is 4.79 Å². The molecule has 0 amide bonds. The second kappa shape index (κ2) is 6.23. The van der Waals surface area contributed by atoms with Crippen LogP contribution in [0.4, 0.5) is 0 Å². The largest absolute Gasteiger partial charge is 0.494 e. The normalized spacial score (nSPS) is 15.6. The van der Waals surface area contributed by atoms with E-state index in [0.29, 0.717) is 11.3 Å². The van der Waals surface area contributed by atoms with E-state index in [9.17, 15) is 14.7 Å². The van der Waals surface area contributed by atoms with E-state index in [1.807, 2.05) is 6.07 Å². The number of ether oxygens (including phenoxy) is 1. The molecule has 0 radical (unpaired) electrons. The predicted octanol–water partition coefficient (Wildman–Crippen LogP) is 4.04. The molecule has 1 N–H and O–H groups in total. The lowest BCUT2D eigenvalue weighted by Crippen LogP contribution is -2.23. The number of carboxylic acids is 1. The van der Waals surface area contributed by atoms with Crippen molar-refractivity contribution in [3.63, 3.8) is 0 Å². The number of aryl methyl sites for hydroxylation is 2. The van der Waals surface area contributed by atoms with Gasteiger partial charge in [-0.1, -0.05) is 18.2 Å². The van der Waals surface area contributed by atoms with Gasteiger partial charge in [0.15, 0.2) is 5.75 Å². The average molecular weight is 375 g/mol. The SMILES string of the molecule is COc1c(-c2ccc3c(c2)CCC3)ccn2c(=O)c(C(=O)O)cc(C3CC3)c12. The van der Waals surface area contributed by atoms with Crippen LogP contribution in [0.15, 0.2) is 41.3 Å². The molecule has 2 heterocycles.